The van der Waals surface area contributed by atoms with Crippen molar-refractivity contribution < 1.29 is 19.0 Å². The van der Waals surface area contributed by atoms with Gasteiger partial charge in [0.1, 0.15) is 24.2 Å². The van der Waals surface area contributed by atoms with E-state index in [2.05, 4.69) is 18.7 Å². The Labute approximate surface area is 125 Å². The monoisotopic (exact) mass is 293 g/mol. The topological polar surface area (TPSA) is 48.0 Å². The van der Waals surface area contributed by atoms with Gasteiger partial charge in [0, 0.05) is 25.2 Å². The number of ether oxygens (including phenoxy) is 3. The molecule has 1 aromatic carbocycles. The Morgan fingerprint density at radius 1 is 1.48 bits per heavy atom. The molecular formula is C16H23NO4. The summed E-state index contributed by atoms with van der Waals surface area (Å²) in [7, 11) is 1.59. The van der Waals surface area contributed by atoms with Crippen LogP contribution in [0.2, 0.25) is 0 Å². The van der Waals surface area contributed by atoms with E-state index < -0.39 is 0 Å². The van der Waals surface area contributed by atoms with Crippen molar-refractivity contribution >= 4 is 6.29 Å². The number of aldehydes is 1. The quantitative estimate of drug-likeness (QED) is 0.751. The summed E-state index contributed by atoms with van der Waals surface area (Å²) in [6.45, 7) is 7.29. The van der Waals surface area contributed by atoms with Crippen LogP contribution in [0.25, 0.3) is 0 Å². The summed E-state index contributed by atoms with van der Waals surface area (Å²) in [5.74, 6) is 1.21. The number of nitrogens with zero attached hydrogens (tertiary/aromatic N) is 1. The summed E-state index contributed by atoms with van der Waals surface area (Å²) in [4.78, 5) is 13.4. The molecule has 5 nitrogen and oxygen atoms in total. The number of carbonyl (C=O) groups excluding carboxylic acids is 1. The lowest BCUT2D eigenvalue weighted by Crippen LogP contribution is -2.47. The molecule has 1 fully saturated rings. The fraction of sp³-hybridized carbons (Fsp3) is 0.562. The summed E-state index contributed by atoms with van der Waals surface area (Å²) >= 11 is 0. The zero-order valence-electron chi connectivity index (χ0n) is 12.9. The second-order valence-electron chi connectivity index (χ2n) is 5.41. The number of methoxy groups -OCH3 is 1. The summed E-state index contributed by atoms with van der Waals surface area (Å²) in [5, 5.41) is 0. The Bertz CT molecular complexity index is 475. The molecule has 0 N–H and O–H groups in total. The molecule has 0 aromatic heterocycles. The zero-order chi connectivity index (χ0) is 15.2. The number of hydrogen-bond acceptors (Lipinski definition) is 5. The summed E-state index contributed by atoms with van der Waals surface area (Å²) in [6, 6.07) is 5.67. The second kappa shape index (κ2) is 7.43. The molecule has 1 aliphatic rings. The molecular weight excluding hydrogens is 270 g/mol. The number of hydrogen-bond donors (Lipinski definition) is 0. The van der Waals surface area contributed by atoms with E-state index in [1.54, 1.807) is 25.3 Å². The van der Waals surface area contributed by atoms with Crippen molar-refractivity contribution in [2.75, 3.05) is 33.4 Å². The van der Waals surface area contributed by atoms with Gasteiger partial charge < -0.3 is 14.2 Å². The molecule has 1 unspecified atom stereocenters. The molecule has 0 radical (unpaired) electrons. The number of rotatable bonds is 6. The number of carbonyl (C=O) groups is 1. The van der Waals surface area contributed by atoms with Crippen LogP contribution in [0.5, 0.6) is 11.5 Å². The Morgan fingerprint density at radius 2 is 2.29 bits per heavy atom. The summed E-state index contributed by atoms with van der Waals surface area (Å²) in [5.41, 5.74) is 0.521. The first kappa shape index (κ1) is 15.8. The van der Waals surface area contributed by atoms with Gasteiger partial charge in [-0.05, 0) is 26.0 Å². The molecule has 0 bridgehead atoms. The molecule has 1 aromatic rings. The van der Waals surface area contributed by atoms with Crippen molar-refractivity contribution in [3.8, 4) is 11.5 Å². The first-order chi connectivity index (χ1) is 10.1. The third-order valence-corrected chi connectivity index (χ3v) is 3.67. The van der Waals surface area contributed by atoms with E-state index in [0.717, 1.165) is 19.4 Å². The van der Waals surface area contributed by atoms with E-state index >= 15 is 0 Å². The van der Waals surface area contributed by atoms with Gasteiger partial charge in [0.15, 0.2) is 6.29 Å². The standard InChI is InChI=1S/C16H23NO4/c1-12(2)17-6-7-20-15(9-17)11-21-16-8-14(19-3)5-4-13(16)10-18/h4-5,8,10,12,15H,6-7,9,11H2,1-3H3. The minimum Gasteiger partial charge on any atom is -0.497 e. The van der Waals surface area contributed by atoms with Crippen LogP contribution in [-0.2, 0) is 4.74 Å². The van der Waals surface area contributed by atoms with Gasteiger partial charge in [-0.15, -0.1) is 0 Å². The lowest BCUT2D eigenvalue weighted by atomic mass is 10.2. The molecule has 0 saturated carbocycles. The van der Waals surface area contributed by atoms with Crippen LogP contribution in [0.1, 0.15) is 24.2 Å². The van der Waals surface area contributed by atoms with Crippen LogP contribution in [0.15, 0.2) is 18.2 Å². The van der Waals surface area contributed by atoms with E-state index in [9.17, 15) is 4.79 Å². The normalized spacial score (nSPS) is 19.5. The van der Waals surface area contributed by atoms with Gasteiger partial charge in [0.05, 0.1) is 19.3 Å². The molecule has 2 rings (SSSR count). The summed E-state index contributed by atoms with van der Waals surface area (Å²) in [6.07, 6.45) is 0.809. The van der Waals surface area contributed by atoms with E-state index in [1.165, 1.54) is 0 Å². The van der Waals surface area contributed by atoms with Gasteiger partial charge in [0.25, 0.3) is 0 Å². The Hall–Kier alpha value is -1.59. The van der Waals surface area contributed by atoms with Gasteiger partial charge in [-0.2, -0.15) is 0 Å². The smallest absolute Gasteiger partial charge is 0.153 e. The van der Waals surface area contributed by atoms with Crippen LogP contribution < -0.4 is 9.47 Å². The third kappa shape index (κ3) is 4.19. The maximum Gasteiger partial charge on any atom is 0.153 e. The molecule has 1 saturated heterocycles. The van der Waals surface area contributed by atoms with Gasteiger partial charge in [-0.3, -0.25) is 9.69 Å². The van der Waals surface area contributed by atoms with Crippen LogP contribution in [0.3, 0.4) is 0 Å². The zero-order valence-corrected chi connectivity index (χ0v) is 12.9. The maximum atomic E-state index is 11.1. The van der Waals surface area contributed by atoms with E-state index in [1.807, 2.05) is 0 Å². The number of morpholine rings is 1. The van der Waals surface area contributed by atoms with E-state index in [4.69, 9.17) is 14.2 Å². The predicted molar refractivity (Wildman–Crippen MR) is 80.3 cm³/mol. The number of benzene rings is 1. The molecule has 0 amide bonds. The average molecular weight is 293 g/mol. The SMILES string of the molecule is COc1ccc(C=O)c(OCC2CN(C(C)C)CCO2)c1. The molecule has 21 heavy (non-hydrogen) atoms. The Balaban J connectivity index is 1.97. The van der Waals surface area contributed by atoms with Gasteiger partial charge in [-0.25, -0.2) is 0 Å². The van der Waals surface area contributed by atoms with Crippen LogP contribution in [0.4, 0.5) is 0 Å². The molecule has 1 aliphatic heterocycles. The van der Waals surface area contributed by atoms with Crippen molar-refractivity contribution in [3.05, 3.63) is 23.8 Å². The highest BCUT2D eigenvalue weighted by atomic mass is 16.5. The minimum absolute atomic E-state index is 0.0202. The van der Waals surface area contributed by atoms with Crippen LogP contribution in [-0.4, -0.2) is 56.7 Å². The van der Waals surface area contributed by atoms with E-state index in [0.29, 0.717) is 36.3 Å². The van der Waals surface area contributed by atoms with Crippen molar-refractivity contribution in [2.24, 2.45) is 0 Å². The molecule has 1 heterocycles. The molecule has 0 aliphatic carbocycles. The first-order valence-electron chi connectivity index (χ1n) is 7.25. The van der Waals surface area contributed by atoms with Crippen LogP contribution >= 0.6 is 0 Å². The largest absolute Gasteiger partial charge is 0.497 e. The highest BCUT2D eigenvalue weighted by molar-refractivity contribution is 5.79. The fourth-order valence-electron chi connectivity index (χ4n) is 2.36. The van der Waals surface area contributed by atoms with Crippen molar-refractivity contribution in [3.63, 3.8) is 0 Å². The van der Waals surface area contributed by atoms with Gasteiger partial charge >= 0.3 is 0 Å². The van der Waals surface area contributed by atoms with Crippen LogP contribution in [0, 0.1) is 0 Å². The van der Waals surface area contributed by atoms with Crippen molar-refractivity contribution in [1.29, 1.82) is 0 Å². The van der Waals surface area contributed by atoms with Gasteiger partial charge in [-0.1, -0.05) is 0 Å². The van der Waals surface area contributed by atoms with Gasteiger partial charge in [0.2, 0.25) is 0 Å². The summed E-state index contributed by atoms with van der Waals surface area (Å²) < 4.78 is 16.7. The molecule has 5 heteroatoms. The average Bonchev–Trinajstić information content (AvgIpc) is 2.52. The Kier molecular flexibility index (Phi) is 5.59. The lowest BCUT2D eigenvalue weighted by Gasteiger charge is -2.35. The molecule has 1 atom stereocenters. The Morgan fingerprint density at radius 3 is 2.95 bits per heavy atom. The molecule has 0 spiro atoms. The first-order valence-corrected chi connectivity index (χ1v) is 7.25. The van der Waals surface area contributed by atoms with E-state index in [-0.39, 0.29) is 6.10 Å². The predicted octanol–water partition coefficient (Wildman–Crippen LogP) is 2.00. The maximum absolute atomic E-state index is 11.1. The second-order valence-corrected chi connectivity index (χ2v) is 5.41. The highest BCUT2D eigenvalue weighted by Crippen LogP contribution is 2.24. The minimum atomic E-state index is 0.0202. The lowest BCUT2D eigenvalue weighted by molar-refractivity contribution is -0.0565. The fourth-order valence-corrected chi connectivity index (χ4v) is 2.36. The van der Waals surface area contributed by atoms with Crippen molar-refractivity contribution in [1.82, 2.24) is 4.90 Å². The highest BCUT2D eigenvalue weighted by Gasteiger charge is 2.23. The van der Waals surface area contributed by atoms with Crippen molar-refractivity contribution in [2.45, 2.75) is 26.0 Å². The third-order valence-electron chi connectivity index (χ3n) is 3.67. The molecule has 116 valence electrons.